The number of aliphatic hydroxyl groups is 1. The minimum atomic E-state index is -0.0679. The van der Waals surface area contributed by atoms with Crippen LogP contribution in [0.5, 0.6) is 0 Å². The second-order valence-electron chi connectivity index (χ2n) is 2.47. The Hall–Kier alpha value is -1.62. The van der Waals surface area contributed by atoms with Crippen LogP contribution in [0.25, 0.3) is 5.65 Å². The van der Waals surface area contributed by atoms with Crippen molar-refractivity contribution in [1.29, 1.82) is 0 Å². The average Bonchev–Trinajstić information content (AvgIpc) is 2.46. The van der Waals surface area contributed by atoms with E-state index in [1.54, 1.807) is 23.0 Å². The Kier molecular flexibility index (Phi) is 1.44. The maximum atomic E-state index is 8.78. The number of nitrogens with two attached hydrogens (primary N) is 1. The van der Waals surface area contributed by atoms with Crippen molar-refractivity contribution in [2.75, 3.05) is 5.73 Å². The molecule has 5 heteroatoms. The molecule has 62 valence electrons. The monoisotopic (exact) mass is 164 g/mol. The Morgan fingerprint density at radius 2 is 2.42 bits per heavy atom. The highest BCUT2D eigenvalue weighted by molar-refractivity contribution is 5.47. The first kappa shape index (κ1) is 7.05. The zero-order valence-electron chi connectivity index (χ0n) is 6.31. The standard InChI is InChI=1S/C7H8N4O/c8-6-1-7-10-5(3-12)2-11(7)4-9-6/h1-2,4,12H,3,8H2. The summed E-state index contributed by atoms with van der Waals surface area (Å²) in [6.45, 7) is -0.0679. The molecule has 0 aromatic carbocycles. The second-order valence-corrected chi connectivity index (χ2v) is 2.47. The van der Waals surface area contributed by atoms with E-state index in [0.717, 1.165) is 0 Å². The fourth-order valence-electron chi connectivity index (χ4n) is 1.03. The van der Waals surface area contributed by atoms with Crippen LogP contribution in [0.2, 0.25) is 0 Å². The first-order valence-corrected chi connectivity index (χ1v) is 3.49. The Balaban J connectivity index is 2.67. The Morgan fingerprint density at radius 1 is 1.58 bits per heavy atom. The van der Waals surface area contributed by atoms with Gasteiger partial charge in [-0.1, -0.05) is 0 Å². The van der Waals surface area contributed by atoms with Crippen LogP contribution in [0.15, 0.2) is 18.6 Å². The summed E-state index contributed by atoms with van der Waals surface area (Å²) in [5.74, 6) is 0.428. The van der Waals surface area contributed by atoms with Crippen molar-refractivity contribution in [3.05, 3.63) is 24.3 Å². The summed E-state index contributed by atoms with van der Waals surface area (Å²) in [6, 6.07) is 1.65. The number of rotatable bonds is 1. The van der Waals surface area contributed by atoms with Crippen molar-refractivity contribution in [3.63, 3.8) is 0 Å². The summed E-state index contributed by atoms with van der Waals surface area (Å²) in [6.07, 6.45) is 3.28. The summed E-state index contributed by atoms with van der Waals surface area (Å²) in [5, 5.41) is 8.78. The molecule has 2 heterocycles. The van der Waals surface area contributed by atoms with Gasteiger partial charge < -0.3 is 10.8 Å². The van der Waals surface area contributed by atoms with Gasteiger partial charge in [0.1, 0.15) is 17.8 Å². The van der Waals surface area contributed by atoms with Gasteiger partial charge in [-0.15, -0.1) is 0 Å². The lowest BCUT2D eigenvalue weighted by atomic mass is 10.5. The summed E-state index contributed by atoms with van der Waals surface area (Å²) in [7, 11) is 0. The summed E-state index contributed by atoms with van der Waals surface area (Å²) >= 11 is 0. The minimum absolute atomic E-state index is 0.0679. The van der Waals surface area contributed by atoms with Crippen LogP contribution in [0.1, 0.15) is 5.69 Å². The van der Waals surface area contributed by atoms with Gasteiger partial charge in [-0.25, -0.2) is 9.97 Å². The molecule has 0 spiro atoms. The summed E-state index contributed by atoms with van der Waals surface area (Å²) < 4.78 is 1.71. The molecule has 2 aromatic rings. The number of nitrogens with zero attached hydrogens (tertiary/aromatic N) is 3. The van der Waals surface area contributed by atoms with Crippen LogP contribution in [-0.2, 0) is 6.61 Å². The van der Waals surface area contributed by atoms with Crippen molar-refractivity contribution < 1.29 is 5.11 Å². The maximum absolute atomic E-state index is 8.78. The van der Waals surface area contributed by atoms with E-state index < -0.39 is 0 Å². The van der Waals surface area contributed by atoms with E-state index >= 15 is 0 Å². The topological polar surface area (TPSA) is 76.4 Å². The molecule has 5 nitrogen and oxygen atoms in total. The first-order chi connectivity index (χ1) is 5.79. The van der Waals surface area contributed by atoms with Crippen LogP contribution in [0, 0.1) is 0 Å². The second kappa shape index (κ2) is 2.46. The van der Waals surface area contributed by atoms with E-state index in [4.69, 9.17) is 10.8 Å². The molecule has 0 bridgehead atoms. The van der Waals surface area contributed by atoms with E-state index in [1.165, 1.54) is 0 Å². The van der Waals surface area contributed by atoms with Gasteiger partial charge in [0.05, 0.1) is 12.3 Å². The molecule has 3 N–H and O–H groups in total. The molecule has 2 aromatic heterocycles. The quantitative estimate of drug-likeness (QED) is 0.612. The van der Waals surface area contributed by atoms with Gasteiger partial charge in [-0.05, 0) is 0 Å². The average molecular weight is 164 g/mol. The minimum Gasteiger partial charge on any atom is -0.390 e. The molecule has 0 aliphatic heterocycles. The largest absolute Gasteiger partial charge is 0.390 e. The molecule has 0 atom stereocenters. The van der Waals surface area contributed by atoms with Crippen LogP contribution in [-0.4, -0.2) is 19.5 Å². The van der Waals surface area contributed by atoms with Gasteiger partial charge in [0.2, 0.25) is 0 Å². The van der Waals surface area contributed by atoms with Gasteiger partial charge in [-0.3, -0.25) is 4.40 Å². The molecular weight excluding hydrogens is 156 g/mol. The fraction of sp³-hybridized carbons (Fsp3) is 0.143. The van der Waals surface area contributed by atoms with Gasteiger partial charge in [-0.2, -0.15) is 0 Å². The van der Waals surface area contributed by atoms with Crippen LogP contribution in [0.4, 0.5) is 5.82 Å². The molecule has 0 radical (unpaired) electrons. The Morgan fingerprint density at radius 3 is 3.17 bits per heavy atom. The third-order valence-electron chi connectivity index (χ3n) is 1.58. The number of anilines is 1. The zero-order chi connectivity index (χ0) is 8.55. The molecule has 0 saturated carbocycles. The van der Waals surface area contributed by atoms with Crippen LogP contribution < -0.4 is 5.73 Å². The van der Waals surface area contributed by atoms with Crippen molar-refractivity contribution >= 4 is 11.5 Å². The van der Waals surface area contributed by atoms with Crippen LogP contribution in [0.3, 0.4) is 0 Å². The molecule has 0 aliphatic carbocycles. The molecule has 0 aliphatic rings. The first-order valence-electron chi connectivity index (χ1n) is 3.49. The third kappa shape index (κ3) is 0.998. The predicted octanol–water partition coefficient (Wildman–Crippen LogP) is -0.196. The van der Waals surface area contributed by atoms with E-state index in [-0.39, 0.29) is 6.61 Å². The lowest BCUT2D eigenvalue weighted by molar-refractivity contribution is 0.277. The molecular formula is C7H8N4O. The van der Waals surface area contributed by atoms with Gasteiger partial charge in [0.15, 0.2) is 0 Å². The lowest BCUT2D eigenvalue weighted by Crippen LogP contribution is -1.92. The van der Waals surface area contributed by atoms with Gasteiger partial charge in [0, 0.05) is 12.3 Å². The van der Waals surface area contributed by atoms with Gasteiger partial charge in [0.25, 0.3) is 0 Å². The number of imidazole rings is 1. The molecule has 2 rings (SSSR count). The normalized spacial score (nSPS) is 10.8. The molecule has 0 fully saturated rings. The molecule has 0 unspecified atom stereocenters. The number of fused-ring (bicyclic) bond motifs is 1. The van der Waals surface area contributed by atoms with Crippen LogP contribution >= 0.6 is 0 Å². The van der Waals surface area contributed by atoms with Crippen molar-refractivity contribution in [2.24, 2.45) is 0 Å². The maximum Gasteiger partial charge on any atom is 0.141 e. The predicted molar refractivity (Wildman–Crippen MR) is 43.3 cm³/mol. The Labute approximate surface area is 68.5 Å². The smallest absolute Gasteiger partial charge is 0.141 e. The number of aromatic nitrogens is 3. The van der Waals surface area contributed by atoms with E-state index in [1.807, 2.05) is 0 Å². The summed E-state index contributed by atoms with van der Waals surface area (Å²) in [5.41, 5.74) is 6.76. The highest BCUT2D eigenvalue weighted by Gasteiger charge is 1.99. The molecule has 0 saturated heterocycles. The highest BCUT2D eigenvalue weighted by atomic mass is 16.3. The van der Waals surface area contributed by atoms with E-state index in [2.05, 4.69) is 9.97 Å². The number of nitrogen functional groups attached to an aromatic ring is 1. The van der Waals surface area contributed by atoms with E-state index in [9.17, 15) is 0 Å². The molecule has 12 heavy (non-hydrogen) atoms. The highest BCUT2D eigenvalue weighted by Crippen LogP contribution is 2.06. The SMILES string of the molecule is Nc1cc2nc(CO)cn2cn1. The number of aliphatic hydroxyl groups excluding tert-OH is 1. The van der Waals surface area contributed by atoms with Gasteiger partial charge >= 0.3 is 0 Å². The van der Waals surface area contributed by atoms with E-state index in [0.29, 0.717) is 17.2 Å². The van der Waals surface area contributed by atoms with Crippen molar-refractivity contribution in [3.8, 4) is 0 Å². The molecule has 0 amide bonds. The van der Waals surface area contributed by atoms with Crippen molar-refractivity contribution in [1.82, 2.24) is 14.4 Å². The third-order valence-corrected chi connectivity index (χ3v) is 1.58. The zero-order valence-corrected chi connectivity index (χ0v) is 6.31. The number of hydrogen-bond donors (Lipinski definition) is 2. The Bertz CT molecular complexity index is 409. The van der Waals surface area contributed by atoms with Crippen molar-refractivity contribution in [2.45, 2.75) is 6.61 Å². The fourth-order valence-corrected chi connectivity index (χ4v) is 1.03. The summed E-state index contributed by atoms with van der Waals surface area (Å²) in [4.78, 5) is 7.96. The number of hydrogen-bond acceptors (Lipinski definition) is 4. The lowest BCUT2D eigenvalue weighted by Gasteiger charge is -1.91.